The third-order valence-corrected chi connectivity index (χ3v) is 2.93. The molecule has 0 heterocycles. The maximum Gasteiger partial charge on any atom is 0.120 e. The summed E-state index contributed by atoms with van der Waals surface area (Å²) in [5, 5.41) is 22.6. The number of rotatable bonds is 4. The Morgan fingerprint density at radius 1 is 1.06 bits per heavy atom. The SMILES string of the molecule is OCc1ccccc1NCc1cc(Cl)ccc1O. The van der Waals surface area contributed by atoms with Gasteiger partial charge < -0.3 is 15.5 Å². The molecule has 0 unspecified atom stereocenters. The third-order valence-electron chi connectivity index (χ3n) is 2.70. The number of nitrogens with one attached hydrogen (secondary N) is 1. The minimum absolute atomic E-state index is 0.0231. The maximum atomic E-state index is 9.69. The molecule has 0 bridgehead atoms. The van der Waals surface area contributed by atoms with E-state index in [1.54, 1.807) is 18.2 Å². The van der Waals surface area contributed by atoms with Gasteiger partial charge in [0, 0.05) is 28.4 Å². The summed E-state index contributed by atoms with van der Waals surface area (Å²) in [4.78, 5) is 0. The average molecular weight is 264 g/mol. The highest BCUT2D eigenvalue weighted by Gasteiger charge is 2.04. The van der Waals surface area contributed by atoms with Crippen LogP contribution in [0.2, 0.25) is 5.02 Å². The molecule has 2 aromatic carbocycles. The van der Waals surface area contributed by atoms with Crippen molar-refractivity contribution in [3.8, 4) is 5.75 Å². The minimum Gasteiger partial charge on any atom is -0.508 e. The van der Waals surface area contributed by atoms with Gasteiger partial charge in [0.25, 0.3) is 0 Å². The summed E-state index contributed by atoms with van der Waals surface area (Å²) in [6.07, 6.45) is 0. The zero-order chi connectivity index (χ0) is 13.0. The van der Waals surface area contributed by atoms with Crippen LogP contribution in [0.1, 0.15) is 11.1 Å². The van der Waals surface area contributed by atoms with Crippen molar-refractivity contribution in [3.63, 3.8) is 0 Å². The fourth-order valence-corrected chi connectivity index (χ4v) is 1.91. The molecular formula is C14H14ClNO2. The molecule has 0 saturated heterocycles. The molecule has 2 rings (SSSR count). The topological polar surface area (TPSA) is 52.5 Å². The third kappa shape index (κ3) is 2.94. The first-order valence-electron chi connectivity index (χ1n) is 5.60. The average Bonchev–Trinajstić information content (AvgIpc) is 2.40. The molecule has 18 heavy (non-hydrogen) atoms. The summed E-state index contributed by atoms with van der Waals surface area (Å²) >= 11 is 5.88. The molecule has 0 fully saturated rings. The smallest absolute Gasteiger partial charge is 0.120 e. The van der Waals surface area contributed by atoms with Crippen LogP contribution >= 0.6 is 11.6 Å². The van der Waals surface area contributed by atoms with Crippen LogP contribution in [-0.4, -0.2) is 10.2 Å². The van der Waals surface area contributed by atoms with Gasteiger partial charge in [0.1, 0.15) is 5.75 Å². The van der Waals surface area contributed by atoms with Gasteiger partial charge in [-0.25, -0.2) is 0 Å². The van der Waals surface area contributed by atoms with Crippen LogP contribution in [0.4, 0.5) is 5.69 Å². The Balaban J connectivity index is 2.14. The lowest BCUT2D eigenvalue weighted by Crippen LogP contribution is -2.02. The van der Waals surface area contributed by atoms with Crippen LogP contribution in [0.25, 0.3) is 0 Å². The van der Waals surface area contributed by atoms with Gasteiger partial charge in [0.05, 0.1) is 6.61 Å². The quantitative estimate of drug-likeness (QED) is 0.794. The second kappa shape index (κ2) is 5.76. The number of hydrogen-bond acceptors (Lipinski definition) is 3. The summed E-state index contributed by atoms with van der Waals surface area (Å²) in [5.74, 6) is 0.202. The highest BCUT2D eigenvalue weighted by molar-refractivity contribution is 6.30. The number of phenolic OH excluding ortho intramolecular Hbond substituents is 1. The molecule has 3 N–H and O–H groups in total. The molecule has 0 radical (unpaired) electrons. The van der Waals surface area contributed by atoms with E-state index >= 15 is 0 Å². The van der Waals surface area contributed by atoms with Crippen molar-refractivity contribution in [2.45, 2.75) is 13.2 Å². The van der Waals surface area contributed by atoms with Crippen molar-refractivity contribution in [2.24, 2.45) is 0 Å². The van der Waals surface area contributed by atoms with E-state index < -0.39 is 0 Å². The lowest BCUT2D eigenvalue weighted by molar-refractivity contribution is 0.282. The number of phenols is 1. The van der Waals surface area contributed by atoms with Gasteiger partial charge >= 0.3 is 0 Å². The van der Waals surface area contributed by atoms with Crippen molar-refractivity contribution >= 4 is 17.3 Å². The van der Waals surface area contributed by atoms with Crippen molar-refractivity contribution in [3.05, 3.63) is 58.6 Å². The lowest BCUT2D eigenvalue weighted by Gasteiger charge is -2.11. The molecule has 0 spiro atoms. The van der Waals surface area contributed by atoms with Gasteiger partial charge in [-0.2, -0.15) is 0 Å². The normalized spacial score (nSPS) is 10.3. The zero-order valence-electron chi connectivity index (χ0n) is 9.73. The Bertz CT molecular complexity index is 543. The summed E-state index contributed by atoms with van der Waals surface area (Å²) in [7, 11) is 0. The fourth-order valence-electron chi connectivity index (χ4n) is 1.72. The highest BCUT2D eigenvalue weighted by atomic mass is 35.5. The molecule has 0 aliphatic rings. The molecule has 0 aliphatic carbocycles. The van der Waals surface area contributed by atoms with Crippen LogP contribution in [0.5, 0.6) is 5.75 Å². The van der Waals surface area contributed by atoms with Gasteiger partial charge in [0.2, 0.25) is 0 Å². The predicted octanol–water partition coefficient (Wildman–Crippen LogP) is 3.15. The van der Waals surface area contributed by atoms with Crippen molar-refractivity contribution in [1.82, 2.24) is 0 Å². The lowest BCUT2D eigenvalue weighted by atomic mass is 10.1. The Labute approximate surface area is 111 Å². The molecular weight excluding hydrogens is 250 g/mol. The van der Waals surface area contributed by atoms with E-state index in [2.05, 4.69) is 5.32 Å². The standard InChI is InChI=1S/C14H14ClNO2/c15-12-5-6-14(18)11(7-12)8-16-13-4-2-1-3-10(13)9-17/h1-7,16-18H,8-9H2. The number of para-hydroxylation sites is 1. The second-order valence-electron chi connectivity index (χ2n) is 3.94. The zero-order valence-corrected chi connectivity index (χ0v) is 10.5. The first kappa shape index (κ1) is 12.7. The highest BCUT2D eigenvalue weighted by Crippen LogP contribution is 2.23. The summed E-state index contributed by atoms with van der Waals surface area (Å²) < 4.78 is 0. The first-order valence-corrected chi connectivity index (χ1v) is 5.98. The number of aliphatic hydroxyl groups is 1. The van der Waals surface area contributed by atoms with Gasteiger partial charge in [-0.1, -0.05) is 29.8 Å². The second-order valence-corrected chi connectivity index (χ2v) is 4.38. The number of benzene rings is 2. The number of aliphatic hydroxyl groups excluding tert-OH is 1. The molecule has 0 amide bonds. The van der Waals surface area contributed by atoms with E-state index in [4.69, 9.17) is 11.6 Å². The number of anilines is 1. The van der Waals surface area contributed by atoms with Crippen LogP contribution in [0.3, 0.4) is 0 Å². The van der Waals surface area contributed by atoms with Crippen LogP contribution < -0.4 is 5.32 Å². The molecule has 4 heteroatoms. The minimum atomic E-state index is -0.0231. The van der Waals surface area contributed by atoms with Crippen molar-refractivity contribution in [1.29, 1.82) is 0 Å². The Morgan fingerprint density at radius 3 is 2.61 bits per heavy atom. The van der Waals surface area contributed by atoms with Gasteiger partial charge in [-0.05, 0) is 24.3 Å². The Morgan fingerprint density at radius 2 is 1.83 bits per heavy atom. The Hall–Kier alpha value is -1.71. The molecule has 0 aromatic heterocycles. The monoisotopic (exact) mass is 263 g/mol. The summed E-state index contributed by atoms with van der Waals surface area (Å²) in [6, 6.07) is 12.4. The first-order chi connectivity index (χ1) is 8.70. The van der Waals surface area contributed by atoms with E-state index in [0.29, 0.717) is 11.6 Å². The fraction of sp³-hybridized carbons (Fsp3) is 0.143. The van der Waals surface area contributed by atoms with E-state index in [1.165, 1.54) is 0 Å². The van der Waals surface area contributed by atoms with Gasteiger partial charge in [0.15, 0.2) is 0 Å². The van der Waals surface area contributed by atoms with Crippen molar-refractivity contribution < 1.29 is 10.2 Å². The molecule has 0 saturated carbocycles. The molecule has 0 aliphatic heterocycles. The van der Waals surface area contributed by atoms with Crippen LogP contribution in [0.15, 0.2) is 42.5 Å². The van der Waals surface area contributed by atoms with E-state index in [9.17, 15) is 10.2 Å². The largest absolute Gasteiger partial charge is 0.508 e. The molecule has 0 atom stereocenters. The van der Waals surface area contributed by atoms with E-state index in [1.807, 2.05) is 24.3 Å². The predicted molar refractivity (Wildman–Crippen MR) is 72.8 cm³/mol. The number of hydrogen-bond donors (Lipinski definition) is 3. The molecule has 94 valence electrons. The summed E-state index contributed by atoms with van der Waals surface area (Å²) in [6.45, 7) is 0.425. The Kier molecular flexibility index (Phi) is 4.07. The van der Waals surface area contributed by atoms with E-state index in [0.717, 1.165) is 16.8 Å². The number of halogens is 1. The maximum absolute atomic E-state index is 9.69. The molecule has 3 nitrogen and oxygen atoms in total. The molecule has 2 aromatic rings. The van der Waals surface area contributed by atoms with E-state index in [-0.39, 0.29) is 12.4 Å². The van der Waals surface area contributed by atoms with Gasteiger partial charge in [-0.15, -0.1) is 0 Å². The van der Waals surface area contributed by atoms with Crippen LogP contribution in [0, 0.1) is 0 Å². The number of aromatic hydroxyl groups is 1. The van der Waals surface area contributed by atoms with Crippen molar-refractivity contribution in [2.75, 3.05) is 5.32 Å². The van der Waals surface area contributed by atoms with Gasteiger partial charge in [-0.3, -0.25) is 0 Å². The van der Waals surface area contributed by atoms with Crippen LogP contribution in [-0.2, 0) is 13.2 Å². The summed E-state index contributed by atoms with van der Waals surface area (Å²) in [5.41, 5.74) is 2.38.